The van der Waals surface area contributed by atoms with Crippen molar-refractivity contribution in [3.8, 4) is 0 Å². The van der Waals surface area contributed by atoms with Gasteiger partial charge in [-0.3, -0.25) is 0 Å². The molecule has 1 heterocycles. The highest BCUT2D eigenvalue weighted by Crippen LogP contribution is 2.29. The van der Waals surface area contributed by atoms with Gasteiger partial charge in [-0.2, -0.15) is 0 Å². The fourth-order valence-electron chi connectivity index (χ4n) is 0.906. The molecule has 1 aromatic heterocycles. The van der Waals surface area contributed by atoms with Crippen LogP contribution in [0.2, 0.25) is 5.02 Å². The molecular formula is C7H2BrClO2S. The van der Waals surface area contributed by atoms with Gasteiger partial charge in [-0.1, -0.05) is 11.6 Å². The summed E-state index contributed by atoms with van der Waals surface area (Å²) in [6, 6.07) is 3.37. The molecule has 1 aromatic carbocycles. The van der Waals surface area contributed by atoms with Crippen molar-refractivity contribution in [1.29, 1.82) is 0 Å². The number of hydrogen-bond donors (Lipinski definition) is 0. The highest BCUT2D eigenvalue weighted by molar-refractivity contribution is 9.10. The predicted molar refractivity (Wildman–Crippen MR) is 52.0 cm³/mol. The maximum atomic E-state index is 5.77. The first kappa shape index (κ1) is 8.29. The molecule has 5 heteroatoms. The first-order valence-corrected chi connectivity index (χ1v) is 4.63. The lowest BCUT2D eigenvalue weighted by Crippen LogP contribution is -1.67. The van der Waals surface area contributed by atoms with Crippen molar-refractivity contribution in [3.63, 3.8) is 0 Å². The molecule has 0 unspecified atom stereocenters. The van der Waals surface area contributed by atoms with Gasteiger partial charge < -0.3 is 8.83 Å². The molecule has 0 atom stereocenters. The first-order valence-electron chi connectivity index (χ1n) is 3.05. The molecule has 0 aliphatic carbocycles. The standard InChI is InChI=1S/C7H2BrClO2S/c8-4-1-3(9)2-5-6(4)11-7(12)10-5/h1-2H. The van der Waals surface area contributed by atoms with Crippen molar-refractivity contribution in [3.05, 3.63) is 26.5 Å². The van der Waals surface area contributed by atoms with Gasteiger partial charge in [0.25, 0.3) is 0 Å². The van der Waals surface area contributed by atoms with Crippen LogP contribution >= 0.6 is 39.7 Å². The summed E-state index contributed by atoms with van der Waals surface area (Å²) in [5.41, 5.74) is 1.14. The Kier molecular flexibility index (Phi) is 1.98. The lowest BCUT2D eigenvalue weighted by Gasteiger charge is -1.90. The summed E-state index contributed by atoms with van der Waals surface area (Å²) < 4.78 is 10.9. The molecular weight excluding hydrogens is 263 g/mol. The van der Waals surface area contributed by atoms with E-state index in [1.807, 2.05) is 0 Å². The lowest BCUT2D eigenvalue weighted by atomic mass is 10.3. The minimum Gasteiger partial charge on any atom is -0.413 e. The van der Waals surface area contributed by atoms with Gasteiger partial charge in [0.05, 0.1) is 4.47 Å². The third-order valence-electron chi connectivity index (χ3n) is 1.35. The van der Waals surface area contributed by atoms with Crippen LogP contribution in [-0.2, 0) is 0 Å². The van der Waals surface area contributed by atoms with Crippen LogP contribution in [0, 0.1) is 4.90 Å². The molecule has 2 rings (SSSR count). The van der Waals surface area contributed by atoms with Crippen LogP contribution in [0.1, 0.15) is 0 Å². The molecule has 0 bridgehead atoms. The molecule has 2 aromatic rings. The van der Waals surface area contributed by atoms with E-state index in [0.717, 1.165) is 4.47 Å². The Labute approximate surface area is 86.2 Å². The Morgan fingerprint density at radius 1 is 1.33 bits per heavy atom. The van der Waals surface area contributed by atoms with Gasteiger partial charge in [-0.25, -0.2) is 0 Å². The molecule has 0 saturated carbocycles. The Hall–Kier alpha value is -0.320. The van der Waals surface area contributed by atoms with Crippen molar-refractivity contribution in [1.82, 2.24) is 0 Å². The van der Waals surface area contributed by atoms with Gasteiger partial charge in [0.15, 0.2) is 11.2 Å². The zero-order valence-electron chi connectivity index (χ0n) is 5.64. The second-order valence-electron chi connectivity index (χ2n) is 2.17. The van der Waals surface area contributed by atoms with Crippen LogP contribution in [0.3, 0.4) is 0 Å². The molecule has 0 N–H and O–H groups in total. The lowest BCUT2D eigenvalue weighted by molar-refractivity contribution is 0.443. The SMILES string of the molecule is S=c1oc2cc(Cl)cc(Br)c2o1. The van der Waals surface area contributed by atoms with Crippen LogP contribution in [0.25, 0.3) is 11.2 Å². The summed E-state index contributed by atoms with van der Waals surface area (Å²) >= 11 is 13.8. The highest BCUT2D eigenvalue weighted by Gasteiger charge is 2.06. The molecule has 0 saturated heterocycles. The van der Waals surface area contributed by atoms with Crippen LogP contribution < -0.4 is 0 Å². The number of halogens is 2. The first-order chi connectivity index (χ1) is 5.66. The summed E-state index contributed by atoms with van der Waals surface area (Å²) in [6.45, 7) is 0. The second-order valence-corrected chi connectivity index (χ2v) is 3.79. The van der Waals surface area contributed by atoms with E-state index in [9.17, 15) is 0 Å². The zero-order chi connectivity index (χ0) is 8.72. The van der Waals surface area contributed by atoms with E-state index in [1.165, 1.54) is 0 Å². The number of benzene rings is 1. The highest BCUT2D eigenvalue weighted by atomic mass is 79.9. The summed E-state index contributed by atoms with van der Waals surface area (Å²) in [4.78, 5) is 0.105. The molecule has 2 nitrogen and oxygen atoms in total. The molecule has 0 aliphatic rings. The van der Waals surface area contributed by atoms with Crippen molar-refractivity contribution in [2.75, 3.05) is 0 Å². The number of fused-ring (bicyclic) bond motifs is 1. The average Bonchev–Trinajstić information content (AvgIpc) is 2.29. The normalized spacial score (nSPS) is 10.8. The van der Waals surface area contributed by atoms with Crippen molar-refractivity contribution < 1.29 is 8.83 Å². The van der Waals surface area contributed by atoms with Crippen LogP contribution in [-0.4, -0.2) is 0 Å². The molecule has 0 fully saturated rings. The van der Waals surface area contributed by atoms with E-state index in [2.05, 4.69) is 15.9 Å². The smallest absolute Gasteiger partial charge is 0.363 e. The summed E-state index contributed by atoms with van der Waals surface area (Å²) in [6.07, 6.45) is 0. The third kappa shape index (κ3) is 1.30. The van der Waals surface area contributed by atoms with Gasteiger partial charge >= 0.3 is 4.90 Å². The van der Waals surface area contributed by atoms with E-state index in [0.29, 0.717) is 16.2 Å². The largest absolute Gasteiger partial charge is 0.413 e. The van der Waals surface area contributed by atoms with Gasteiger partial charge in [0.1, 0.15) is 0 Å². The minimum absolute atomic E-state index is 0.105. The molecule has 0 amide bonds. The molecule has 0 spiro atoms. The maximum Gasteiger partial charge on any atom is 0.363 e. The monoisotopic (exact) mass is 264 g/mol. The van der Waals surface area contributed by atoms with Crippen LogP contribution in [0.5, 0.6) is 0 Å². The van der Waals surface area contributed by atoms with Gasteiger partial charge in [0.2, 0.25) is 0 Å². The van der Waals surface area contributed by atoms with E-state index in [4.69, 9.17) is 32.7 Å². The summed E-state index contributed by atoms with van der Waals surface area (Å²) in [5.74, 6) is 0. The fourth-order valence-corrected chi connectivity index (χ4v) is 1.94. The minimum atomic E-state index is 0.105. The van der Waals surface area contributed by atoms with E-state index >= 15 is 0 Å². The van der Waals surface area contributed by atoms with Gasteiger partial charge in [-0.15, -0.1) is 0 Å². The topological polar surface area (TPSA) is 26.3 Å². The molecule has 12 heavy (non-hydrogen) atoms. The van der Waals surface area contributed by atoms with Crippen molar-refractivity contribution in [2.24, 2.45) is 0 Å². The van der Waals surface area contributed by atoms with Gasteiger partial charge in [-0.05, 0) is 22.0 Å². The van der Waals surface area contributed by atoms with E-state index in [1.54, 1.807) is 12.1 Å². The third-order valence-corrected chi connectivity index (χ3v) is 2.33. The Bertz CT molecular complexity index is 488. The Morgan fingerprint density at radius 3 is 2.83 bits per heavy atom. The second kappa shape index (κ2) is 2.87. The summed E-state index contributed by atoms with van der Waals surface area (Å²) in [7, 11) is 0. The average molecular weight is 266 g/mol. The maximum absolute atomic E-state index is 5.77. The molecule has 0 aliphatic heterocycles. The van der Waals surface area contributed by atoms with E-state index in [-0.39, 0.29) is 4.90 Å². The van der Waals surface area contributed by atoms with E-state index < -0.39 is 0 Å². The van der Waals surface area contributed by atoms with Crippen molar-refractivity contribution >= 4 is 50.9 Å². The van der Waals surface area contributed by atoms with Crippen molar-refractivity contribution in [2.45, 2.75) is 0 Å². The predicted octanol–water partition coefficient (Wildman–Crippen LogP) is 4.17. The Morgan fingerprint density at radius 2 is 2.08 bits per heavy atom. The molecule has 0 radical (unpaired) electrons. The fraction of sp³-hybridized carbons (Fsp3) is 0. The van der Waals surface area contributed by atoms with Crippen LogP contribution in [0.15, 0.2) is 25.4 Å². The van der Waals surface area contributed by atoms with Gasteiger partial charge in [0, 0.05) is 23.3 Å². The Balaban J connectivity index is 2.97. The summed E-state index contributed by atoms with van der Waals surface area (Å²) in [5, 5.41) is 0.578. The quantitative estimate of drug-likeness (QED) is 0.669. The van der Waals surface area contributed by atoms with Crippen LogP contribution in [0.4, 0.5) is 0 Å². The zero-order valence-corrected chi connectivity index (χ0v) is 8.79. The number of hydrogen-bond acceptors (Lipinski definition) is 3. The molecule has 62 valence electrons. The number of rotatable bonds is 0.